The average Bonchev–Trinajstić information content (AvgIpc) is 2.88. The molecule has 0 aliphatic carbocycles. The molecule has 2 aromatic carbocycles. The summed E-state index contributed by atoms with van der Waals surface area (Å²) in [4.78, 5) is 53.8. The largest absolute Gasteiger partial charge is 0.508 e. The van der Waals surface area contributed by atoms with Gasteiger partial charge in [-0.05, 0) is 69.2 Å². The van der Waals surface area contributed by atoms with E-state index in [2.05, 4.69) is 17.6 Å². The molecule has 0 saturated carbocycles. The molecule has 224 valence electrons. The van der Waals surface area contributed by atoms with Crippen molar-refractivity contribution in [2.75, 3.05) is 19.0 Å². The SMILES string of the molecule is CCCCCCN(C(=O)C(CC(N)=O)NC(=O)OC(C)(C)C)C(C(=O)Nc1ccc(OC)cc1)c1cccc(O)c1. The van der Waals surface area contributed by atoms with Crippen LogP contribution in [0.3, 0.4) is 0 Å². The molecular formula is C30H42N4O7. The summed E-state index contributed by atoms with van der Waals surface area (Å²) in [5.41, 5.74) is 5.39. The fourth-order valence-corrected chi connectivity index (χ4v) is 4.18. The summed E-state index contributed by atoms with van der Waals surface area (Å²) in [5.74, 6) is -1.56. The van der Waals surface area contributed by atoms with Gasteiger partial charge in [-0.3, -0.25) is 14.4 Å². The van der Waals surface area contributed by atoms with Crippen LogP contribution in [0.25, 0.3) is 0 Å². The Balaban J connectivity index is 2.53. The van der Waals surface area contributed by atoms with Crippen LogP contribution >= 0.6 is 0 Å². The summed E-state index contributed by atoms with van der Waals surface area (Å²) in [6.07, 6.45) is 1.80. The van der Waals surface area contributed by atoms with Crippen LogP contribution in [0.2, 0.25) is 0 Å². The standard InChI is InChI=1S/C30H42N4O7/c1-6-7-8-9-17-34(28(38)24(19-25(31)36)33-29(39)41-30(2,3)4)26(20-11-10-12-22(35)18-20)27(37)32-21-13-15-23(40-5)16-14-21/h10-16,18,24,26,35H,6-9,17,19H2,1-5H3,(H2,31,36)(H,32,37)(H,33,39). The summed E-state index contributed by atoms with van der Waals surface area (Å²) >= 11 is 0. The number of benzene rings is 2. The third-order valence-electron chi connectivity index (χ3n) is 6.03. The van der Waals surface area contributed by atoms with Gasteiger partial charge in [0.15, 0.2) is 0 Å². The van der Waals surface area contributed by atoms with E-state index in [0.717, 1.165) is 19.3 Å². The molecule has 11 nitrogen and oxygen atoms in total. The number of amides is 4. The van der Waals surface area contributed by atoms with Gasteiger partial charge in [-0.2, -0.15) is 0 Å². The monoisotopic (exact) mass is 570 g/mol. The first kappa shape index (κ1) is 32.9. The van der Waals surface area contributed by atoms with E-state index in [1.165, 1.54) is 24.1 Å². The van der Waals surface area contributed by atoms with Gasteiger partial charge in [0.05, 0.1) is 13.5 Å². The lowest BCUT2D eigenvalue weighted by Gasteiger charge is -2.34. The number of nitrogens with zero attached hydrogens (tertiary/aromatic N) is 1. The Bertz CT molecular complexity index is 1180. The molecule has 41 heavy (non-hydrogen) atoms. The van der Waals surface area contributed by atoms with E-state index in [1.54, 1.807) is 57.2 Å². The molecule has 5 N–H and O–H groups in total. The summed E-state index contributed by atoms with van der Waals surface area (Å²) in [6.45, 7) is 7.19. The number of nitrogens with one attached hydrogen (secondary N) is 2. The Hall–Kier alpha value is -4.28. The van der Waals surface area contributed by atoms with Gasteiger partial charge in [-0.1, -0.05) is 38.3 Å². The molecule has 0 saturated heterocycles. The number of anilines is 1. The molecule has 0 fully saturated rings. The lowest BCUT2D eigenvalue weighted by Crippen LogP contribution is -2.53. The molecule has 2 unspecified atom stereocenters. The number of rotatable bonds is 14. The normalized spacial score (nSPS) is 12.5. The van der Waals surface area contributed by atoms with E-state index in [0.29, 0.717) is 23.4 Å². The number of unbranched alkanes of at least 4 members (excludes halogenated alkanes) is 3. The van der Waals surface area contributed by atoms with E-state index >= 15 is 0 Å². The minimum atomic E-state index is -1.39. The van der Waals surface area contributed by atoms with Gasteiger partial charge in [0, 0.05) is 12.2 Å². The molecular weight excluding hydrogens is 528 g/mol. The first-order valence-corrected chi connectivity index (χ1v) is 13.7. The van der Waals surface area contributed by atoms with Crippen molar-refractivity contribution in [2.45, 2.75) is 77.5 Å². The molecule has 11 heteroatoms. The van der Waals surface area contributed by atoms with E-state index in [1.807, 2.05) is 0 Å². The number of alkyl carbamates (subject to hydrolysis) is 1. The van der Waals surface area contributed by atoms with Crippen LogP contribution in [0.15, 0.2) is 48.5 Å². The molecule has 0 radical (unpaired) electrons. The minimum Gasteiger partial charge on any atom is -0.508 e. The van der Waals surface area contributed by atoms with E-state index in [4.69, 9.17) is 15.2 Å². The lowest BCUT2D eigenvalue weighted by atomic mass is 10.0. The summed E-state index contributed by atoms with van der Waals surface area (Å²) in [7, 11) is 1.53. The number of methoxy groups -OCH3 is 1. The van der Waals surface area contributed by atoms with Crippen LogP contribution < -0.4 is 21.1 Å². The summed E-state index contributed by atoms with van der Waals surface area (Å²) in [5, 5.41) is 15.5. The zero-order chi connectivity index (χ0) is 30.6. The summed E-state index contributed by atoms with van der Waals surface area (Å²) < 4.78 is 10.5. The Morgan fingerprint density at radius 2 is 1.71 bits per heavy atom. The van der Waals surface area contributed by atoms with E-state index < -0.39 is 47.9 Å². The Kier molecular flexibility index (Phi) is 12.4. The number of carbonyl (C=O) groups excluding carboxylic acids is 4. The molecule has 0 aliphatic heterocycles. The second kappa shape index (κ2) is 15.5. The van der Waals surface area contributed by atoms with Gasteiger partial charge in [-0.15, -0.1) is 0 Å². The van der Waals surface area contributed by atoms with Crippen molar-refractivity contribution < 1.29 is 33.8 Å². The van der Waals surface area contributed by atoms with Crippen LogP contribution in [0.5, 0.6) is 11.5 Å². The number of hydrogen-bond acceptors (Lipinski definition) is 7. The van der Waals surface area contributed by atoms with Gasteiger partial charge in [0.25, 0.3) is 5.91 Å². The van der Waals surface area contributed by atoms with Crippen molar-refractivity contribution in [3.63, 3.8) is 0 Å². The highest BCUT2D eigenvalue weighted by Crippen LogP contribution is 2.28. The molecule has 0 spiro atoms. The highest BCUT2D eigenvalue weighted by atomic mass is 16.6. The molecule has 4 amide bonds. The fourth-order valence-electron chi connectivity index (χ4n) is 4.18. The second-order valence-electron chi connectivity index (χ2n) is 10.7. The third kappa shape index (κ3) is 11.0. The predicted octanol–water partition coefficient (Wildman–Crippen LogP) is 4.26. The van der Waals surface area contributed by atoms with Gasteiger partial charge in [-0.25, -0.2) is 4.79 Å². The minimum absolute atomic E-state index is 0.0938. The predicted molar refractivity (Wildman–Crippen MR) is 155 cm³/mol. The zero-order valence-corrected chi connectivity index (χ0v) is 24.4. The maximum Gasteiger partial charge on any atom is 0.408 e. The van der Waals surface area contributed by atoms with E-state index in [9.17, 15) is 24.3 Å². The van der Waals surface area contributed by atoms with Crippen LogP contribution in [0.1, 0.15) is 71.4 Å². The molecule has 0 bridgehead atoms. The molecule has 2 atom stereocenters. The quantitative estimate of drug-likeness (QED) is 0.247. The van der Waals surface area contributed by atoms with Crippen LogP contribution in [-0.2, 0) is 19.1 Å². The molecule has 0 heterocycles. The first-order valence-electron chi connectivity index (χ1n) is 13.7. The Morgan fingerprint density at radius 3 is 2.27 bits per heavy atom. The number of nitrogens with two attached hydrogens (primary N) is 1. The van der Waals surface area contributed by atoms with Gasteiger partial charge in [0.2, 0.25) is 11.8 Å². The Morgan fingerprint density at radius 1 is 1.02 bits per heavy atom. The number of aromatic hydroxyl groups is 1. The zero-order valence-electron chi connectivity index (χ0n) is 24.4. The number of phenolic OH excluding ortho intramolecular Hbond substituents is 1. The van der Waals surface area contributed by atoms with Crippen LogP contribution in [0, 0.1) is 0 Å². The first-order chi connectivity index (χ1) is 19.3. The summed E-state index contributed by atoms with van der Waals surface area (Å²) in [6, 6.07) is 10.1. The smallest absolute Gasteiger partial charge is 0.408 e. The Labute approximate surface area is 241 Å². The number of ether oxygens (including phenoxy) is 2. The van der Waals surface area contributed by atoms with Gasteiger partial charge >= 0.3 is 6.09 Å². The number of primary amides is 1. The number of phenols is 1. The third-order valence-corrected chi connectivity index (χ3v) is 6.03. The average molecular weight is 571 g/mol. The van der Waals surface area contributed by atoms with Crippen molar-refractivity contribution in [3.8, 4) is 11.5 Å². The van der Waals surface area contributed by atoms with Crippen molar-refractivity contribution >= 4 is 29.5 Å². The molecule has 0 aromatic heterocycles. The molecule has 0 aliphatic rings. The number of hydrogen-bond donors (Lipinski definition) is 4. The van der Waals surface area contributed by atoms with Crippen molar-refractivity contribution in [2.24, 2.45) is 5.73 Å². The highest BCUT2D eigenvalue weighted by Gasteiger charge is 2.37. The van der Waals surface area contributed by atoms with Crippen molar-refractivity contribution in [1.29, 1.82) is 0 Å². The molecule has 2 aromatic rings. The van der Waals surface area contributed by atoms with Crippen molar-refractivity contribution in [3.05, 3.63) is 54.1 Å². The van der Waals surface area contributed by atoms with Gasteiger partial charge < -0.3 is 35.8 Å². The topological polar surface area (TPSA) is 160 Å². The second-order valence-corrected chi connectivity index (χ2v) is 10.7. The van der Waals surface area contributed by atoms with Gasteiger partial charge in [0.1, 0.15) is 29.2 Å². The van der Waals surface area contributed by atoms with E-state index in [-0.39, 0.29) is 12.3 Å². The fraction of sp³-hybridized carbons (Fsp3) is 0.467. The molecule has 2 rings (SSSR count). The lowest BCUT2D eigenvalue weighted by molar-refractivity contribution is -0.142. The van der Waals surface area contributed by atoms with Crippen molar-refractivity contribution in [1.82, 2.24) is 10.2 Å². The highest BCUT2D eigenvalue weighted by molar-refractivity contribution is 5.99. The number of carbonyl (C=O) groups is 4. The van der Waals surface area contributed by atoms with Crippen LogP contribution in [-0.4, -0.2) is 59.1 Å². The van der Waals surface area contributed by atoms with Crippen LogP contribution in [0.4, 0.5) is 10.5 Å². The maximum atomic E-state index is 14.1. The maximum absolute atomic E-state index is 14.1.